The van der Waals surface area contributed by atoms with Crippen LogP contribution in [0.1, 0.15) is 16.8 Å². The summed E-state index contributed by atoms with van der Waals surface area (Å²) in [6.45, 7) is 1.05. The van der Waals surface area contributed by atoms with Crippen LogP contribution in [-0.2, 0) is 0 Å². The number of fused-ring (bicyclic) bond motifs is 1. The zero-order valence-corrected chi connectivity index (χ0v) is 17.9. The number of carbonyl (C=O) groups excluding carboxylic acids is 1. The number of methoxy groups -OCH3 is 1. The van der Waals surface area contributed by atoms with Crippen molar-refractivity contribution < 1.29 is 14.1 Å². The van der Waals surface area contributed by atoms with Gasteiger partial charge in [-0.15, -0.1) is 0 Å². The summed E-state index contributed by atoms with van der Waals surface area (Å²) in [7, 11) is 0.399. The third-order valence-electron chi connectivity index (χ3n) is 4.99. The number of amides is 1. The van der Waals surface area contributed by atoms with Gasteiger partial charge in [0.05, 0.1) is 12.5 Å². The maximum absolute atomic E-state index is 12.4. The molecule has 0 aliphatic rings. The molecule has 0 radical (unpaired) electrons. The zero-order valence-electron chi connectivity index (χ0n) is 17.1. The lowest BCUT2D eigenvalue weighted by Gasteiger charge is -2.07. The van der Waals surface area contributed by atoms with E-state index in [-0.39, 0.29) is 5.91 Å². The van der Waals surface area contributed by atoms with Crippen LogP contribution in [-0.4, -0.2) is 35.0 Å². The Morgan fingerprint density at radius 2 is 1.71 bits per heavy atom. The van der Waals surface area contributed by atoms with Crippen molar-refractivity contribution in [2.45, 2.75) is 6.42 Å². The molecule has 2 N–H and O–H groups in total. The Bertz CT molecular complexity index is 1240. The number of rotatable bonds is 7. The van der Waals surface area contributed by atoms with Gasteiger partial charge in [0.1, 0.15) is 5.75 Å². The molecule has 1 heterocycles. The summed E-state index contributed by atoms with van der Waals surface area (Å²) in [6.07, 6.45) is 0.690. The van der Waals surface area contributed by atoms with Gasteiger partial charge in [0.15, 0.2) is 5.49 Å². The van der Waals surface area contributed by atoms with Gasteiger partial charge in [-0.2, -0.15) is 4.37 Å². The highest BCUT2D eigenvalue weighted by molar-refractivity contribution is 7.26. The van der Waals surface area contributed by atoms with Crippen LogP contribution >= 0.6 is 10.9 Å². The molecule has 1 atom stereocenters. The van der Waals surface area contributed by atoms with Gasteiger partial charge in [0, 0.05) is 35.7 Å². The lowest BCUT2D eigenvalue weighted by Crippen LogP contribution is -2.25. The van der Waals surface area contributed by atoms with E-state index in [4.69, 9.17) is 4.74 Å². The Kier molecular flexibility index (Phi) is 6.45. The van der Waals surface area contributed by atoms with Crippen LogP contribution in [0.25, 0.3) is 21.2 Å². The molecule has 4 aromatic rings. The van der Waals surface area contributed by atoms with Gasteiger partial charge in [-0.25, -0.2) is 0 Å². The summed E-state index contributed by atoms with van der Waals surface area (Å²) in [5.74, 6) is 0.699. The standard InChI is InChI=1S/C24H23N3O3S/c1-30-20-13-11-18(12-14-20)17-7-9-19(10-8-17)24(28)26-16-4-15-25-23-21-5-2-3-6-22(21)31(29)27-23/h2-3,5-14H,4,15-16H2,1H3,(H,25,27)(H,26,28). The molecule has 0 fully saturated rings. The van der Waals surface area contributed by atoms with Crippen LogP contribution in [0.5, 0.6) is 5.75 Å². The van der Waals surface area contributed by atoms with Gasteiger partial charge in [-0.3, -0.25) is 9.79 Å². The lowest BCUT2D eigenvalue weighted by atomic mass is 10.0. The SMILES string of the molecule is COc1ccc(-c2ccc(C(=O)NCCCN=c3[nH][s+]([O-])c4ccccc34)cc2)cc1. The molecule has 3 aromatic carbocycles. The van der Waals surface area contributed by atoms with E-state index in [0.29, 0.717) is 30.6 Å². The summed E-state index contributed by atoms with van der Waals surface area (Å²) < 4.78 is 20.8. The maximum Gasteiger partial charge on any atom is 0.251 e. The second-order valence-corrected chi connectivity index (χ2v) is 8.19. The first kappa shape index (κ1) is 20.8. The van der Waals surface area contributed by atoms with E-state index in [0.717, 1.165) is 27.0 Å². The van der Waals surface area contributed by atoms with Crippen molar-refractivity contribution in [2.75, 3.05) is 20.2 Å². The molecule has 0 saturated carbocycles. The lowest BCUT2D eigenvalue weighted by molar-refractivity contribution is 0.0953. The molecule has 31 heavy (non-hydrogen) atoms. The fraction of sp³-hybridized carbons (Fsp3) is 0.167. The highest BCUT2D eigenvalue weighted by Gasteiger charge is 2.08. The average molecular weight is 434 g/mol. The molecule has 158 valence electrons. The highest BCUT2D eigenvalue weighted by Crippen LogP contribution is 2.23. The molecule has 0 spiro atoms. The van der Waals surface area contributed by atoms with E-state index in [2.05, 4.69) is 14.7 Å². The molecule has 0 aliphatic heterocycles. The third kappa shape index (κ3) is 4.84. The van der Waals surface area contributed by atoms with Gasteiger partial charge in [-0.05, 0) is 47.9 Å². The smallest absolute Gasteiger partial charge is 0.251 e. The molecule has 0 saturated heterocycles. The van der Waals surface area contributed by atoms with Gasteiger partial charge in [-0.1, -0.05) is 36.4 Å². The summed E-state index contributed by atoms with van der Waals surface area (Å²) >= 11 is 0. The molecular formula is C24H23N3O3S. The van der Waals surface area contributed by atoms with E-state index >= 15 is 0 Å². The van der Waals surface area contributed by atoms with E-state index in [1.54, 1.807) is 7.11 Å². The number of benzene rings is 3. The molecule has 1 amide bonds. The second kappa shape index (κ2) is 9.59. The molecule has 0 bridgehead atoms. The third-order valence-corrected chi connectivity index (χ3v) is 6.13. The van der Waals surface area contributed by atoms with Crippen molar-refractivity contribution in [3.8, 4) is 16.9 Å². The Morgan fingerprint density at radius 3 is 2.42 bits per heavy atom. The van der Waals surface area contributed by atoms with Crippen LogP contribution in [0, 0.1) is 0 Å². The van der Waals surface area contributed by atoms with Crippen LogP contribution in [0.3, 0.4) is 0 Å². The Balaban J connectivity index is 1.30. The minimum Gasteiger partial charge on any atom is -0.570 e. The summed E-state index contributed by atoms with van der Waals surface area (Å²) in [4.78, 5) is 16.9. The number of hydrogen-bond donors (Lipinski definition) is 2. The van der Waals surface area contributed by atoms with Crippen molar-refractivity contribution in [2.24, 2.45) is 4.99 Å². The maximum atomic E-state index is 12.4. The Hall–Kier alpha value is -3.42. The monoisotopic (exact) mass is 433 g/mol. The molecule has 1 aromatic heterocycles. The van der Waals surface area contributed by atoms with Gasteiger partial charge < -0.3 is 14.6 Å². The van der Waals surface area contributed by atoms with Gasteiger partial charge in [0.25, 0.3) is 5.91 Å². The predicted octanol–water partition coefficient (Wildman–Crippen LogP) is 4.29. The van der Waals surface area contributed by atoms with Crippen LogP contribution in [0.2, 0.25) is 0 Å². The Morgan fingerprint density at radius 1 is 1.03 bits per heavy atom. The minimum atomic E-state index is -1.24. The van der Waals surface area contributed by atoms with Gasteiger partial charge >= 0.3 is 0 Å². The largest absolute Gasteiger partial charge is 0.570 e. The molecule has 0 aliphatic carbocycles. The van der Waals surface area contributed by atoms with E-state index in [1.807, 2.05) is 72.8 Å². The number of nitrogens with zero attached hydrogens (tertiary/aromatic N) is 1. The highest BCUT2D eigenvalue weighted by atomic mass is 32.2. The molecular weight excluding hydrogens is 410 g/mol. The van der Waals surface area contributed by atoms with E-state index in [1.165, 1.54) is 0 Å². The number of aromatic amines is 1. The topological polar surface area (TPSA) is 89.5 Å². The van der Waals surface area contributed by atoms with Crippen molar-refractivity contribution >= 4 is 26.9 Å². The van der Waals surface area contributed by atoms with Crippen LogP contribution in [0.4, 0.5) is 0 Å². The first-order valence-corrected chi connectivity index (χ1v) is 11.2. The van der Waals surface area contributed by atoms with E-state index < -0.39 is 10.9 Å². The first-order chi connectivity index (χ1) is 15.2. The summed E-state index contributed by atoms with van der Waals surface area (Å²) in [6, 6.07) is 22.8. The van der Waals surface area contributed by atoms with Gasteiger partial charge in [0.2, 0.25) is 4.70 Å². The number of nitrogens with one attached hydrogen (secondary N) is 2. The van der Waals surface area contributed by atoms with E-state index in [9.17, 15) is 9.35 Å². The quantitative estimate of drug-likeness (QED) is 0.336. The first-order valence-electron chi connectivity index (χ1n) is 10.0. The van der Waals surface area contributed by atoms with Crippen molar-refractivity contribution in [3.05, 3.63) is 83.8 Å². The van der Waals surface area contributed by atoms with Crippen LogP contribution in [0.15, 0.2) is 77.8 Å². The second-order valence-electron chi connectivity index (χ2n) is 7.01. The number of hydrogen-bond acceptors (Lipinski definition) is 4. The number of aromatic nitrogens is 1. The molecule has 1 unspecified atom stereocenters. The van der Waals surface area contributed by atoms with Crippen molar-refractivity contribution in [3.63, 3.8) is 0 Å². The summed E-state index contributed by atoms with van der Waals surface area (Å²) in [5, 5.41) is 3.80. The normalized spacial score (nSPS) is 12.2. The summed E-state index contributed by atoms with van der Waals surface area (Å²) in [5.41, 5.74) is 3.37. The van der Waals surface area contributed by atoms with Crippen molar-refractivity contribution in [1.82, 2.24) is 9.69 Å². The predicted molar refractivity (Wildman–Crippen MR) is 123 cm³/mol. The Labute approximate surface area is 183 Å². The number of H-pyrrole nitrogens is 1. The number of carbonyl (C=O) groups is 1. The fourth-order valence-corrected chi connectivity index (χ4v) is 4.34. The van der Waals surface area contributed by atoms with Crippen molar-refractivity contribution in [1.29, 1.82) is 0 Å². The van der Waals surface area contributed by atoms with Crippen LogP contribution < -0.4 is 15.5 Å². The number of ether oxygens (including phenoxy) is 1. The molecule has 7 heteroatoms. The molecule has 4 rings (SSSR count). The zero-order chi connectivity index (χ0) is 21.6. The minimum absolute atomic E-state index is 0.112. The molecule has 6 nitrogen and oxygen atoms in total. The fourth-order valence-electron chi connectivity index (χ4n) is 3.31. The average Bonchev–Trinajstić information content (AvgIpc) is 3.14.